The van der Waals surface area contributed by atoms with Crippen molar-refractivity contribution in [2.45, 2.75) is 11.8 Å². The lowest BCUT2D eigenvalue weighted by Crippen LogP contribution is -2.18. The second kappa shape index (κ2) is 9.41. The molecule has 0 saturated carbocycles. The first-order chi connectivity index (χ1) is 16.7. The smallest absolute Gasteiger partial charge is 0.274 e. The summed E-state index contributed by atoms with van der Waals surface area (Å²) >= 11 is 0. The number of nitrogens with one attached hydrogen (secondary N) is 1. The summed E-state index contributed by atoms with van der Waals surface area (Å²) in [7, 11) is -3.89. The highest BCUT2D eigenvalue weighted by molar-refractivity contribution is 7.89. The van der Waals surface area contributed by atoms with Crippen LogP contribution in [0.25, 0.3) is 16.8 Å². The number of amides is 1. The molecule has 1 aromatic heterocycles. The van der Waals surface area contributed by atoms with E-state index in [0.717, 1.165) is 0 Å². The Morgan fingerprint density at radius 2 is 1.71 bits per heavy atom. The molecular weight excluding hydrogens is 466 g/mol. The van der Waals surface area contributed by atoms with E-state index in [9.17, 15) is 13.2 Å². The maximum atomic E-state index is 13.1. The quantitative estimate of drug-likeness (QED) is 0.140. The molecule has 7 N–H and O–H groups in total. The number of amidine groups is 1. The summed E-state index contributed by atoms with van der Waals surface area (Å²) < 4.78 is 25.3. The summed E-state index contributed by atoms with van der Waals surface area (Å²) in [6.45, 7) is 1.78. The summed E-state index contributed by atoms with van der Waals surface area (Å²) in [5, 5.41) is 16.1. The molecule has 0 spiro atoms. The van der Waals surface area contributed by atoms with Crippen LogP contribution >= 0.6 is 0 Å². The average molecular weight is 490 g/mol. The third kappa shape index (κ3) is 5.05. The van der Waals surface area contributed by atoms with Crippen LogP contribution in [-0.2, 0) is 10.0 Å². The first kappa shape index (κ1) is 23.7. The first-order valence-corrected chi connectivity index (χ1v) is 12.0. The Kier molecular flexibility index (Phi) is 6.36. The molecule has 11 heteroatoms. The Hall–Kier alpha value is -4.48. The normalized spacial score (nSPS) is 11.9. The molecule has 0 saturated heterocycles. The second-order valence-corrected chi connectivity index (χ2v) is 9.25. The van der Waals surface area contributed by atoms with Crippen LogP contribution < -0.4 is 22.0 Å². The van der Waals surface area contributed by atoms with E-state index in [-0.39, 0.29) is 16.6 Å². The van der Waals surface area contributed by atoms with Gasteiger partial charge in [0.05, 0.1) is 16.3 Å². The molecule has 0 radical (unpaired) electrons. The zero-order chi connectivity index (χ0) is 25.2. The number of nitrogens with zero attached hydrogens (tertiary/aromatic N) is 3. The van der Waals surface area contributed by atoms with Crippen molar-refractivity contribution in [3.05, 3.63) is 95.8 Å². The van der Waals surface area contributed by atoms with Crippen LogP contribution in [0.4, 0.5) is 5.69 Å². The highest BCUT2D eigenvalue weighted by Crippen LogP contribution is 2.27. The molecule has 3 aromatic carbocycles. The van der Waals surface area contributed by atoms with Crippen molar-refractivity contribution < 1.29 is 13.2 Å². The lowest BCUT2D eigenvalue weighted by Gasteiger charge is -2.11. The minimum atomic E-state index is -3.89. The van der Waals surface area contributed by atoms with Gasteiger partial charge in [-0.15, -0.1) is 0 Å². The number of carbonyl (C=O) groups excluding carboxylic acids is 1. The molecule has 10 nitrogen and oxygen atoms in total. The molecule has 0 aliphatic heterocycles. The number of sulfonamides is 1. The number of carbonyl (C=O) groups is 1. The van der Waals surface area contributed by atoms with Crippen molar-refractivity contribution in [2.75, 3.05) is 5.32 Å². The van der Waals surface area contributed by atoms with E-state index in [1.165, 1.54) is 10.7 Å². The lowest BCUT2D eigenvalue weighted by atomic mass is 10.1. The van der Waals surface area contributed by atoms with Crippen molar-refractivity contribution in [2.24, 2.45) is 21.8 Å². The van der Waals surface area contributed by atoms with E-state index in [1.54, 1.807) is 79.7 Å². The SMILES string of the molecule is Cc1cc(C(=O)Nc2ccc(-c3ccccc3S(N)(=O)=O)cc2)n(-c2cccc(C(N)=NN)c2)n1. The van der Waals surface area contributed by atoms with Crippen molar-refractivity contribution in [3.8, 4) is 16.8 Å². The van der Waals surface area contributed by atoms with Gasteiger partial charge in [-0.2, -0.15) is 10.2 Å². The second-order valence-electron chi connectivity index (χ2n) is 7.72. The molecule has 0 bridgehead atoms. The average Bonchev–Trinajstić information content (AvgIpc) is 3.25. The van der Waals surface area contributed by atoms with Crippen molar-refractivity contribution >= 4 is 27.5 Å². The van der Waals surface area contributed by atoms with Crippen molar-refractivity contribution in [1.82, 2.24) is 9.78 Å². The number of hydrogen-bond acceptors (Lipinski definition) is 6. The third-order valence-electron chi connectivity index (χ3n) is 5.24. The molecule has 4 aromatic rings. The Balaban J connectivity index is 1.61. The molecular formula is C24H23N7O3S. The number of hydrazone groups is 1. The third-order valence-corrected chi connectivity index (χ3v) is 6.21. The number of benzene rings is 3. The van der Waals surface area contributed by atoms with Crippen LogP contribution in [0.15, 0.2) is 88.9 Å². The predicted molar refractivity (Wildman–Crippen MR) is 134 cm³/mol. The molecule has 178 valence electrons. The maximum absolute atomic E-state index is 13.1. The maximum Gasteiger partial charge on any atom is 0.274 e. The van der Waals surface area contributed by atoms with E-state index in [2.05, 4.69) is 15.5 Å². The van der Waals surface area contributed by atoms with Crippen LogP contribution in [-0.4, -0.2) is 29.9 Å². The van der Waals surface area contributed by atoms with Gasteiger partial charge < -0.3 is 16.9 Å². The van der Waals surface area contributed by atoms with Gasteiger partial charge in [-0.05, 0) is 48.9 Å². The first-order valence-electron chi connectivity index (χ1n) is 10.4. The fourth-order valence-corrected chi connectivity index (χ4v) is 4.37. The zero-order valence-electron chi connectivity index (χ0n) is 18.7. The number of anilines is 1. The van der Waals surface area contributed by atoms with Crippen molar-refractivity contribution in [3.63, 3.8) is 0 Å². The molecule has 1 amide bonds. The number of hydrogen-bond donors (Lipinski definition) is 4. The largest absolute Gasteiger partial charge is 0.382 e. The number of primary sulfonamides is 1. The number of nitrogens with two attached hydrogens (primary N) is 3. The van der Waals surface area contributed by atoms with Gasteiger partial charge in [0.2, 0.25) is 10.0 Å². The molecule has 0 unspecified atom stereocenters. The predicted octanol–water partition coefficient (Wildman–Crippen LogP) is 2.33. The molecule has 0 aliphatic rings. The summed E-state index contributed by atoms with van der Waals surface area (Å²) in [4.78, 5) is 13.1. The fourth-order valence-electron chi connectivity index (χ4n) is 3.61. The van der Waals surface area contributed by atoms with Crippen LogP contribution in [0.2, 0.25) is 0 Å². The molecule has 4 rings (SSSR count). The van der Waals surface area contributed by atoms with Gasteiger partial charge in [-0.25, -0.2) is 18.2 Å². The van der Waals surface area contributed by atoms with Crippen molar-refractivity contribution in [1.29, 1.82) is 0 Å². The Labute approximate surface area is 202 Å². The summed E-state index contributed by atoms with van der Waals surface area (Å²) in [5.41, 5.74) is 9.62. The van der Waals surface area contributed by atoms with Gasteiger partial charge in [0, 0.05) is 16.8 Å². The van der Waals surface area contributed by atoms with Gasteiger partial charge in [0.1, 0.15) is 11.5 Å². The molecule has 0 atom stereocenters. The van der Waals surface area contributed by atoms with Gasteiger partial charge >= 0.3 is 0 Å². The topological polar surface area (TPSA) is 171 Å². The van der Waals surface area contributed by atoms with E-state index >= 15 is 0 Å². The van der Waals surface area contributed by atoms with E-state index in [4.69, 9.17) is 16.7 Å². The highest BCUT2D eigenvalue weighted by Gasteiger charge is 2.17. The Morgan fingerprint density at radius 1 is 1.00 bits per heavy atom. The lowest BCUT2D eigenvalue weighted by molar-refractivity contribution is 0.101. The van der Waals surface area contributed by atoms with Gasteiger partial charge in [-0.3, -0.25) is 4.79 Å². The van der Waals surface area contributed by atoms with Gasteiger partial charge in [0.25, 0.3) is 5.91 Å². The summed E-state index contributed by atoms with van der Waals surface area (Å²) in [6, 6.07) is 21.9. The van der Waals surface area contributed by atoms with Gasteiger partial charge in [-0.1, -0.05) is 42.5 Å². The van der Waals surface area contributed by atoms with Gasteiger partial charge in [0.15, 0.2) is 0 Å². The van der Waals surface area contributed by atoms with E-state index < -0.39 is 10.0 Å². The Morgan fingerprint density at radius 3 is 2.40 bits per heavy atom. The van der Waals surface area contributed by atoms with E-state index in [1.807, 2.05) is 0 Å². The van der Waals surface area contributed by atoms with Crippen LogP contribution in [0.1, 0.15) is 21.7 Å². The number of rotatable bonds is 6. The van der Waals surface area contributed by atoms with Crippen LogP contribution in [0.3, 0.4) is 0 Å². The van der Waals surface area contributed by atoms with Crippen LogP contribution in [0.5, 0.6) is 0 Å². The fraction of sp³-hybridized carbons (Fsp3) is 0.0417. The minimum Gasteiger partial charge on any atom is -0.382 e. The summed E-state index contributed by atoms with van der Waals surface area (Å²) in [6.07, 6.45) is 0. The zero-order valence-corrected chi connectivity index (χ0v) is 19.5. The number of aryl methyl sites for hydroxylation is 1. The van der Waals surface area contributed by atoms with E-state index in [0.29, 0.717) is 39.5 Å². The number of aromatic nitrogens is 2. The standard InChI is InChI=1S/C24H23N7O3S/c1-15-13-21(31(30-15)19-6-4-5-17(14-19)23(25)29-26)24(32)28-18-11-9-16(10-12-18)20-7-2-3-8-22(20)35(27,33)34/h2-14H,26H2,1H3,(H2,25,29)(H,28,32)(H2,27,33,34). The molecule has 1 heterocycles. The van der Waals surface area contributed by atoms with Crippen LogP contribution in [0, 0.1) is 6.92 Å². The molecule has 0 fully saturated rings. The molecule has 0 aliphatic carbocycles. The minimum absolute atomic E-state index is 0.0266. The Bertz CT molecular complexity index is 1540. The molecule has 35 heavy (non-hydrogen) atoms. The monoisotopic (exact) mass is 489 g/mol. The highest BCUT2D eigenvalue weighted by atomic mass is 32.2. The summed E-state index contributed by atoms with van der Waals surface area (Å²) in [5.74, 6) is 5.06.